The standard InChI is InChI=1S/C18H24N2O6/c1-12(26-11-15-4-2-3-9-25-15)17(23)20-14-7-5-13(6-8-14)18(24)19-10-16(21)22/h5-8,12,15H,2-4,9-11H2,1H3,(H,19,24)(H,20,23)(H,21,22). The third-order valence-electron chi connectivity index (χ3n) is 3.99. The number of carboxylic acids is 1. The summed E-state index contributed by atoms with van der Waals surface area (Å²) >= 11 is 0. The van der Waals surface area contributed by atoms with Crippen LogP contribution in [-0.4, -0.2) is 54.9 Å². The van der Waals surface area contributed by atoms with Gasteiger partial charge in [0.05, 0.1) is 12.7 Å². The number of anilines is 1. The number of amides is 2. The molecule has 2 amide bonds. The van der Waals surface area contributed by atoms with Crippen molar-refractivity contribution in [2.24, 2.45) is 0 Å². The Labute approximate surface area is 151 Å². The number of carbonyl (C=O) groups is 3. The fraction of sp³-hybridized carbons (Fsp3) is 0.500. The van der Waals surface area contributed by atoms with Gasteiger partial charge in [-0.3, -0.25) is 14.4 Å². The molecule has 2 unspecified atom stereocenters. The smallest absolute Gasteiger partial charge is 0.322 e. The van der Waals surface area contributed by atoms with Gasteiger partial charge in [0.1, 0.15) is 12.6 Å². The van der Waals surface area contributed by atoms with Gasteiger partial charge in [-0.05, 0) is 50.5 Å². The molecule has 1 aromatic rings. The number of hydrogen-bond donors (Lipinski definition) is 3. The van der Waals surface area contributed by atoms with E-state index in [1.165, 1.54) is 12.1 Å². The van der Waals surface area contributed by atoms with Gasteiger partial charge in [0, 0.05) is 17.9 Å². The van der Waals surface area contributed by atoms with Crippen molar-refractivity contribution >= 4 is 23.5 Å². The zero-order chi connectivity index (χ0) is 18.9. The highest BCUT2D eigenvalue weighted by Crippen LogP contribution is 2.14. The Hall–Kier alpha value is -2.45. The molecule has 0 saturated carbocycles. The van der Waals surface area contributed by atoms with E-state index in [9.17, 15) is 14.4 Å². The summed E-state index contributed by atoms with van der Waals surface area (Å²) in [5, 5.41) is 13.5. The summed E-state index contributed by atoms with van der Waals surface area (Å²) in [6.07, 6.45) is 2.54. The first-order valence-electron chi connectivity index (χ1n) is 8.60. The average Bonchev–Trinajstić information content (AvgIpc) is 2.65. The van der Waals surface area contributed by atoms with Gasteiger partial charge in [-0.25, -0.2) is 0 Å². The Morgan fingerprint density at radius 2 is 2.00 bits per heavy atom. The largest absolute Gasteiger partial charge is 0.480 e. The number of nitrogens with one attached hydrogen (secondary N) is 2. The van der Waals surface area contributed by atoms with Crippen LogP contribution in [0.2, 0.25) is 0 Å². The SMILES string of the molecule is CC(OCC1CCCCO1)C(=O)Nc1ccc(C(=O)NCC(=O)O)cc1. The minimum atomic E-state index is -1.12. The van der Waals surface area contributed by atoms with Crippen LogP contribution in [0.3, 0.4) is 0 Å². The molecule has 26 heavy (non-hydrogen) atoms. The third-order valence-corrected chi connectivity index (χ3v) is 3.99. The summed E-state index contributed by atoms with van der Waals surface area (Å²) in [7, 11) is 0. The van der Waals surface area contributed by atoms with Crippen molar-refractivity contribution in [1.29, 1.82) is 0 Å². The molecule has 1 fully saturated rings. The van der Waals surface area contributed by atoms with E-state index in [1.807, 2.05) is 0 Å². The maximum Gasteiger partial charge on any atom is 0.322 e. The van der Waals surface area contributed by atoms with E-state index in [0.29, 0.717) is 17.9 Å². The summed E-state index contributed by atoms with van der Waals surface area (Å²) in [5.41, 5.74) is 0.831. The van der Waals surface area contributed by atoms with Crippen molar-refractivity contribution in [3.63, 3.8) is 0 Å². The molecule has 8 heteroatoms. The van der Waals surface area contributed by atoms with E-state index in [1.54, 1.807) is 19.1 Å². The van der Waals surface area contributed by atoms with Gasteiger partial charge in [0.25, 0.3) is 11.8 Å². The van der Waals surface area contributed by atoms with Gasteiger partial charge in [-0.1, -0.05) is 0 Å². The lowest BCUT2D eigenvalue weighted by molar-refractivity contribution is -0.135. The van der Waals surface area contributed by atoms with Gasteiger partial charge < -0.3 is 25.2 Å². The highest BCUT2D eigenvalue weighted by molar-refractivity contribution is 5.97. The molecular formula is C18H24N2O6. The Morgan fingerprint density at radius 1 is 1.27 bits per heavy atom. The number of aliphatic carboxylic acids is 1. The van der Waals surface area contributed by atoms with E-state index < -0.39 is 24.5 Å². The average molecular weight is 364 g/mol. The lowest BCUT2D eigenvalue weighted by Gasteiger charge is -2.23. The maximum atomic E-state index is 12.2. The van der Waals surface area contributed by atoms with Crippen LogP contribution in [0.25, 0.3) is 0 Å². The zero-order valence-corrected chi connectivity index (χ0v) is 14.7. The van der Waals surface area contributed by atoms with Crippen molar-refractivity contribution in [2.45, 2.75) is 38.4 Å². The maximum absolute atomic E-state index is 12.2. The van der Waals surface area contributed by atoms with Crippen molar-refractivity contribution in [3.8, 4) is 0 Å². The normalized spacial score (nSPS) is 18.0. The molecule has 3 N–H and O–H groups in total. The van der Waals surface area contributed by atoms with Crippen LogP contribution in [0, 0.1) is 0 Å². The molecule has 142 valence electrons. The molecule has 0 spiro atoms. The molecular weight excluding hydrogens is 340 g/mol. The molecule has 1 aliphatic heterocycles. The van der Waals surface area contributed by atoms with Gasteiger partial charge in [0.2, 0.25) is 0 Å². The minimum absolute atomic E-state index is 0.0441. The minimum Gasteiger partial charge on any atom is -0.480 e. The first-order valence-corrected chi connectivity index (χ1v) is 8.60. The molecule has 0 aliphatic carbocycles. The Morgan fingerprint density at radius 3 is 2.62 bits per heavy atom. The van der Waals surface area contributed by atoms with Crippen LogP contribution in [-0.2, 0) is 19.1 Å². The van der Waals surface area contributed by atoms with Crippen molar-refractivity contribution < 1.29 is 29.0 Å². The van der Waals surface area contributed by atoms with Crippen LogP contribution >= 0.6 is 0 Å². The second kappa shape index (κ2) is 9.88. The first kappa shape index (κ1) is 19.9. The second-order valence-corrected chi connectivity index (χ2v) is 6.11. The zero-order valence-electron chi connectivity index (χ0n) is 14.7. The number of ether oxygens (including phenoxy) is 2. The fourth-order valence-corrected chi connectivity index (χ4v) is 2.47. The van der Waals surface area contributed by atoms with Gasteiger partial charge in [-0.15, -0.1) is 0 Å². The number of benzene rings is 1. The lowest BCUT2D eigenvalue weighted by atomic mass is 10.1. The van der Waals surface area contributed by atoms with Crippen molar-refractivity contribution in [1.82, 2.24) is 5.32 Å². The Kier molecular flexibility index (Phi) is 7.55. The van der Waals surface area contributed by atoms with Crippen LogP contribution in [0.15, 0.2) is 24.3 Å². The molecule has 2 rings (SSSR count). The van der Waals surface area contributed by atoms with E-state index in [4.69, 9.17) is 14.6 Å². The summed E-state index contributed by atoms with van der Waals surface area (Å²) in [6.45, 7) is 2.35. The van der Waals surface area contributed by atoms with E-state index in [0.717, 1.165) is 25.9 Å². The molecule has 0 aromatic heterocycles. The molecule has 1 aliphatic rings. The monoisotopic (exact) mass is 364 g/mol. The first-order chi connectivity index (χ1) is 12.5. The molecule has 1 saturated heterocycles. The predicted molar refractivity (Wildman–Crippen MR) is 94.0 cm³/mol. The van der Waals surface area contributed by atoms with Gasteiger partial charge >= 0.3 is 5.97 Å². The van der Waals surface area contributed by atoms with Crippen LogP contribution in [0.4, 0.5) is 5.69 Å². The number of hydrogen-bond acceptors (Lipinski definition) is 5. The van der Waals surface area contributed by atoms with Crippen LogP contribution in [0.5, 0.6) is 0 Å². The fourth-order valence-electron chi connectivity index (χ4n) is 2.47. The lowest BCUT2D eigenvalue weighted by Crippen LogP contribution is -2.32. The van der Waals surface area contributed by atoms with Gasteiger partial charge in [-0.2, -0.15) is 0 Å². The van der Waals surface area contributed by atoms with E-state index >= 15 is 0 Å². The number of carbonyl (C=O) groups excluding carboxylic acids is 2. The summed E-state index contributed by atoms with van der Waals surface area (Å²) < 4.78 is 11.1. The van der Waals surface area contributed by atoms with Crippen molar-refractivity contribution in [2.75, 3.05) is 25.1 Å². The summed E-state index contributed by atoms with van der Waals surface area (Å²) in [4.78, 5) is 34.3. The van der Waals surface area contributed by atoms with Crippen LogP contribution < -0.4 is 10.6 Å². The molecule has 2 atom stereocenters. The quantitative estimate of drug-likeness (QED) is 0.643. The highest BCUT2D eigenvalue weighted by Gasteiger charge is 2.19. The predicted octanol–water partition coefficient (Wildman–Crippen LogP) is 1.41. The molecule has 0 radical (unpaired) electrons. The van der Waals surface area contributed by atoms with E-state index in [-0.39, 0.29) is 12.0 Å². The molecule has 8 nitrogen and oxygen atoms in total. The molecule has 1 heterocycles. The summed E-state index contributed by atoms with van der Waals surface area (Å²) in [6, 6.07) is 6.16. The Bertz CT molecular complexity index is 625. The number of rotatable bonds is 8. The summed E-state index contributed by atoms with van der Waals surface area (Å²) in [5.74, 6) is -1.90. The molecule has 0 bridgehead atoms. The third kappa shape index (κ3) is 6.45. The van der Waals surface area contributed by atoms with Crippen LogP contribution in [0.1, 0.15) is 36.5 Å². The second-order valence-electron chi connectivity index (χ2n) is 6.11. The highest BCUT2D eigenvalue weighted by atomic mass is 16.5. The van der Waals surface area contributed by atoms with E-state index in [2.05, 4.69) is 10.6 Å². The number of carboxylic acid groups (broad SMARTS) is 1. The molecule has 1 aromatic carbocycles. The Balaban J connectivity index is 1.78. The topological polar surface area (TPSA) is 114 Å². The van der Waals surface area contributed by atoms with Gasteiger partial charge in [0.15, 0.2) is 0 Å². The van der Waals surface area contributed by atoms with Crippen molar-refractivity contribution in [3.05, 3.63) is 29.8 Å².